The van der Waals surface area contributed by atoms with Crippen LogP contribution in [0.25, 0.3) is 0 Å². The van der Waals surface area contributed by atoms with Crippen molar-refractivity contribution in [2.24, 2.45) is 0 Å². The molecule has 0 fully saturated rings. The topological polar surface area (TPSA) is 42.4 Å². The predicted octanol–water partition coefficient (Wildman–Crippen LogP) is 3.43. The third-order valence-electron chi connectivity index (χ3n) is 2.06. The molecule has 0 aliphatic heterocycles. The fourth-order valence-electron chi connectivity index (χ4n) is 1.20. The Kier molecular flexibility index (Phi) is 3.61. The standard InChI is InChI=1S/C11H9ClN2O2S/c1-14(8-5-3-2-4-6-8)11(15)16-9-7-13-10(12)17-9/h2-7H,1H3. The van der Waals surface area contributed by atoms with Crippen LogP contribution in [0.15, 0.2) is 36.5 Å². The number of carbonyl (C=O) groups excluding carboxylic acids is 1. The van der Waals surface area contributed by atoms with Crippen LogP contribution in [0.4, 0.5) is 10.5 Å². The van der Waals surface area contributed by atoms with Crippen LogP contribution >= 0.6 is 22.9 Å². The van der Waals surface area contributed by atoms with Gasteiger partial charge in [-0.1, -0.05) is 41.1 Å². The monoisotopic (exact) mass is 268 g/mol. The maximum absolute atomic E-state index is 11.8. The summed E-state index contributed by atoms with van der Waals surface area (Å²) >= 11 is 6.76. The summed E-state index contributed by atoms with van der Waals surface area (Å²) in [6, 6.07) is 9.22. The minimum Gasteiger partial charge on any atom is -0.397 e. The van der Waals surface area contributed by atoms with E-state index in [0.29, 0.717) is 9.53 Å². The van der Waals surface area contributed by atoms with Gasteiger partial charge in [0.05, 0.1) is 6.20 Å². The average Bonchev–Trinajstić information content (AvgIpc) is 2.75. The highest BCUT2D eigenvalue weighted by Gasteiger charge is 2.14. The molecule has 0 aliphatic carbocycles. The second kappa shape index (κ2) is 5.16. The molecule has 0 bridgehead atoms. The molecule has 17 heavy (non-hydrogen) atoms. The molecule has 0 atom stereocenters. The van der Waals surface area contributed by atoms with Gasteiger partial charge in [-0.25, -0.2) is 9.78 Å². The van der Waals surface area contributed by atoms with Gasteiger partial charge >= 0.3 is 6.09 Å². The first kappa shape index (κ1) is 11.9. The summed E-state index contributed by atoms with van der Waals surface area (Å²) < 4.78 is 5.45. The molecule has 6 heteroatoms. The summed E-state index contributed by atoms with van der Waals surface area (Å²) in [7, 11) is 1.64. The third kappa shape index (κ3) is 2.95. The van der Waals surface area contributed by atoms with Gasteiger partial charge in [-0.15, -0.1) is 0 Å². The van der Waals surface area contributed by atoms with Crippen LogP contribution in [0.2, 0.25) is 4.47 Å². The molecule has 1 aromatic carbocycles. The van der Waals surface area contributed by atoms with Crippen LogP contribution in [-0.2, 0) is 0 Å². The van der Waals surface area contributed by atoms with E-state index in [-0.39, 0.29) is 0 Å². The van der Waals surface area contributed by atoms with Gasteiger partial charge in [-0.3, -0.25) is 4.90 Å². The van der Waals surface area contributed by atoms with Gasteiger partial charge in [-0.05, 0) is 12.1 Å². The first-order valence-corrected chi connectivity index (χ1v) is 5.98. The van der Waals surface area contributed by atoms with Crippen LogP contribution in [0.5, 0.6) is 5.06 Å². The summed E-state index contributed by atoms with van der Waals surface area (Å²) in [6.45, 7) is 0. The highest BCUT2D eigenvalue weighted by molar-refractivity contribution is 7.17. The van der Waals surface area contributed by atoms with Crippen molar-refractivity contribution in [3.05, 3.63) is 41.0 Å². The molecule has 1 amide bonds. The number of anilines is 1. The van der Waals surface area contributed by atoms with E-state index in [4.69, 9.17) is 16.3 Å². The molecular weight excluding hydrogens is 260 g/mol. The molecule has 0 saturated carbocycles. The highest BCUT2D eigenvalue weighted by atomic mass is 35.5. The highest BCUT2D eigenvalue weighted by Crippen LogP contribution is 2.26. The van der Waals surface area contributed by atoms with Crippen molar-refractivity contribution in [3.8, 4) is 5.06 Å². The number of amides is 1. The summed E-state index contributed by atoms with van der Waals surface area (Å²) in [5.41, 5.74) is 0.758. The molecule has 0 spiro atoms. The van der Waals surface area contributed by atoms with E-state index in [2.05, 4.69) is 4.98 Å². The fourth-order valence-corrected chi connectivity index (χ4v) is 1.96. The lowest BCUT2D eigenvalue weighted by molar-refractivity contribution is 0.210. The number of nitrogens with zero attached hydrogens (tertiary/aromatic N) is 2. The van der Waals surface area contributed by atoms with E-state index >= 15 is 0 Å². The zero-order chi connectivity index (χ0) is 12.3. The number of aromatic nitrogens is 1. The summed E-state index contributed by atoms with van der Waals surface area (Å²) in [5.74, 6) is 0. The minimum absolute atomic E-state index is 0.343. The van der Waals surface area contributed by atoms with Crippen molar-refractivity contribution in [3.63, 3.8) is 0 Å². The van der Waals surface area contributed by atoms with Gasteiger partial charge < -0.3 is 4.74 Å². The van der Waals surface area contributed by atoms with E-state index in [1.54, 1.807) is 7.05 Å². The quantitative estimate of drug-likeness (QED) is 0.838. The van der Waals surface area contributed by atoms with Crippen LogP contribution in [0.3, 0.4) is 0 Å². The number of para-hydroxylation sites is 1. The van der Waals surface area contributed by atoms with Crippen molar-refractivity contribution < 1.29 is 9.53 Å². The first-order valence-electron chi connectivity index (χ1n) is 4.79. The largest absolute Gasteiger partial charge is 0.420 e. The fraction of sp³-hybridized carbons (Fsp3) is 0.0909. The Morgan fingerprint density at radius 1 is 1.41 bits per heavy atom. The molecule has 0 radical (unpaired) electrons. The van der Waals surface area contributed by atoms with E-state index in [0.717, 1.165) is 17.0 Å². The molecule has 0 N–H and O–H groups in total. The maximum Gasteiger partial charge on any atom is 0.420 e. The Labute approximate surface area is 107 Å². The van der Waals surface area contributed by atoms with Gasteiger partial charge in [0, 0.05) is 12.7 Å². The van der Waals surface area contributed by atoms with E-state index in [1.165, 1.54) is 11.1 Å². The SMILES string of the molecule is CN(C(=O)Oc1cnc(Cl)s1)c1ccccc1. The third-order valence-corrected chi connectivity index (χ3v) is 3.05. The predicted molar refractivity (Wildman–Crippen MR) is 68.0 cm³/mol. The number of rotatable bonds is 2. The molecule has 1 heterocycles. The first-order chi connectivity index (χ1) is 8.16. The summed E-state index contributed by atoms with van der Waals surface area (Å²) in [5, 5.41) is 0.378. The molecule has 2 aromatic rings. The Bertz CT molecular complexity index is 515. The smallest absolute Gasteiger partial charge is 0.397 e. The zero-order valence-electron chi connectivity index (χ0n) is 8.96. The second-order valence-electron chi connectivity index (χ2n) is 3.19. The van der Waals surface area contributed by atoms with E-state index in [9.17, 15) is 4.79 Å². The molecule has 88 valence electrons. The van der Waals surface area contributed by atoms with Crippen LogP contribution in [0.1, 0.15) is 0 Å². The molecular formula is C11H9ClN2O2S. The van der Waals surface area contributed by atoms with E-state index in [1.807, 2.05) is 30.3 Å². The molecule has 4 nitrogen and oxygen atoms in total. The van der Waals surface area contributed by atoms with Gasteiger partial charge in [0.25, 0.3) is 0 Å². The number of hydrogen-bond acceptors (Lipinski definition) is 4. The summed E-state index contributed by atoms with van der Waals surface area (Å²) in [4.78, 5) is 17.0. The van der Waals surface area contributed by atoms with Gasteiger partial charge in [0.15, 0.2) is 4.47 Å². The minimum atomic E-state index is -0.475. The number of hydrogen-bond donors (Lipinski definition) is 0. The molecule has 0 aliphatic rings. The Morgan fingerprint density at radius 2 is 2.12 bits per heavy atom. The molecule has 0 unspecified atom stereocenters. The number of benzene rings is 1. The van der Waals surface area contributed by atoms with E-state index < -0.39 is 6.09 Å². The molecule has 0 saturated heterocycles. The van der Waals surface area contributed by atoms with Crippen molar-refractivity contribution in [1.82, 2.24) is 4.98 Å². The van der Waals surface area contributed by atoms with Gasteiger partial charge in [0.2, 0.25) is 5.06 Å². The van der Waals surface area contributed by atoms with Crippen LogP contribution in [-0.4, -0.2) is 18.1 Å². The van der Waals surface area contributed by atoms with Gasteiger partial charge in [0.1, 0.15) is 0 Å². The van der Waals surface area contributed by atoms with Gasteiger partial charge in [-0.2, -0.15) is 0 Å². The average molecular weight is 269 g/mol. The molecule has 1 aromatic heterocycles. The number of thiazole rings is 1. The van der Waals surface area contributed by atoms with Crippen LogP contribution < -0.4 is 9.64 Å². The van der Waals surface area contributed by atoms with Crippen molar-refractivity contribution in [2.75, 3.05) is 11.9 Å². The lowest BCUT2D eigenvalue weighted by Gasteiger charge is -2.15. The Balaban J connectivity index is 2.06. The Hall–Kier alpha value is -1.59. The number of carbonyl (C=O) groups is 1. The Morgan fingerprint density at radius 3 is 2.71 bits per heavy atom. The van der Waals surface area contributed by atoms with Crippen molar-refractivity contribution >= 4 is 34.7 Å². The maximum atomic E-state index is 11.8. The lowest BCUT2D eigenvalue weighted by Crippen LogP contribution is -2.29. The lowest BCUT2D eigenvalue weighted by atomic mass is 10.3. The zero-order valence-corrected chi connectivity index (χ0v) is 10.5. The summed E-state index contributed by atoms with van der Waals surface area (Å²) in [6.07, 6.45) is 0.945. The molecule has 2 rings (SSSR count). The normalized spacial score (nSPS) is 10.0. The number of ether oxygens (including phenoxy) is 1. The van der Waals surface area contributed by atoms with Crippen molar-refractivity contribution in [1.29, 1.82) is 0 Å². The van der Waals surface area contributed by atoms with Crippen LogP contribution in [0, 0.1) is 0 Å². The second-order valence-corrected chi connectivity index (χ2v) is 4.77. The van der Waals surface area contributed by atoms with Crippen molar-refractivity contribution in [2.45, 2.75) is 0 Å². The number of halogens is 1.